The molecular weight excluding hydrogens is 258 g/mol. The van der Waals surface area contributed by atoms with Gasteiger partial charge in [-0.1, -0.05) is 0 Å². The molecule has 0 saturated heterocycles. The molecule has 0 fully saturated rings. The summed E-state index contributed by atoms with van der Waals surface area (Å²) < 4.78 is 17.6. The Morgan fingerprint density at radius 1 is 1.20 bits per heavy atom. The summed E-state index contributed by atoms with van der Waals surface area (Å²) in [5.41, 5.74) is 8.69. The predicted octanol–water partition coefficient (Wildman–Crippen LogP) is 1.83. The van der Waals surface area contributed by atoms with Gasteiger partial charge < -0.3 is 19.9 Å². The SMILES string of the molecule is COCc1cc(OC)cc(OC)c1-c1cnn(C)c1N. The lowest BCUT2D eigenvalue weighted by Crippen LogP contribution is -2.01. The number of ether oxygens (including phenoxy) is 3. The molecule has 0 amide bonds. The Morgan fingerprint density at radius 3 is 2.45 bits per heavy atom. The van der Waals surface area contributed by atoms with Crippen molar-refractivity contribution in [3.63, 3.8) is 0 Å². The number of aryl methyl sites for hydroxylation is 1. The summed E-state index contributed by atoms with van der Waals surface area (Å²) in [4.78, 5) is 0. The fourth-order valence-corrected chi connectivity index (χ4v) is 2.14. The maximum atomic E-state index is 6.07. The van der Waals surface area contributed by atoms with Crippen molar-refractivity contribution in [2.75, 3.05) is 27.1 Å². The maximum absolute atomic E-state index is 6.07. The van der Waals surface area contributed by atoms with E-state index in [0.717, 1.165) is 16.7 Å². The van der Waals surface area contributed by atoms with E-state index in [1.54, 1.807) is 39.3 Å². The van der Waals surface area contributed by atoms with E-state index in [1.165, 1.54) is 0 Å². The van der Waals surface area contributed by atoms with E-state index in [0.29, 0.717) is 23.9 Å². The van der Waals surface area contributed by atoms with Crippen LogP contribution in [-0.2, 0) is 18.4 Å². The van der Waals surface area contributed by atoms with Gasteiger partial charge in [0.1, 0.15) is 17.3 Å². The highest BCUT2D eigenvalue weighted by Gasteiger charge is 2.18. The van der Waals surface area contributed by atoms with Gasteiger partial charge >= 0.3 is 0 Å². The molecule has 1 heterocycles. The minimum absolute atomic E-state index is 0.428. The molecule has 0 aliphatic rings. The normalized spacial score (nSPS) is 10.6. The summed E-state index contributed by atoms with van der Waals surface area (Å²) in [5.74, 6) is 1.96. The minimum Gasteiger partial charge on any atom is -0.497 e. The van der Waals surface area contributed by atoms with Crippen molar-refractivity contribution >= 4 is 5.82 Å². The molecule has 0 spiro atoms. The van der Waals surface area contributed by atoms with Crippen molar-refractivity contribution in [3.05, 3.63) is 23.9 Å². The van der Waals surface area contributed by atoms with Gasteiger partial charge in [0.15, 0.2) is 0 Å². The average Bonchev–Trinajstić information content (AvgIpc) is 2.78. The Labute approximate surface area is 118 Å². The molecule has 6 heteroatoms. The van der Waals surface area contributed by atoms with Crippen molar-refractivity contribution in [2.24, 2.45) is 7.05 Å². The number of hydrogen-bond acceptors (Lipinski definition) is 5. The van der Waals surface area contributed by atoms with Crippen LogP contribution in [0.4, 0.5) is 5.82 Å². The third-order valence-electron chi connectivity index (χ3n) is 3.17. The van der Waals surface area contributed by atoms with Crippen LogP contribution in [-0.4, -0.2) is 31.1 Å². The van der Waals surface area contributed by atoms with E-state index in [4.69, 9.17) is 19.9 Å². The number of nitrogens with zero attached hydrogens (tertiary/aromatic N) is 2. The van der Waals surface area contributed by atoms with Gasteiger partial charge in [0.2, 0.25) is 0 Å². The van der Waals surface area contributed by atoms with Crippen LogP contribution in [0.3, 0.4) is 0 Å². The molecule has 2 N–H and O–H groups in total. The van der Waals surface area contributed by atoms with Crippen molar-refractivity contribution in [2.45, 2.75) is 6.61 Å². The molecule has 0 saturated carbocycles. The summed E-state index contributed by atoms with van der Waals surface area (Å²) in [5, 5.41) is 4.18. The number of methoxy groups -OCH3 is 3. The monoisotopic (exact) mass is 277 g/mol. The quantitative estimate of drug-likeness (QED) is 0.902. The second-order valence-corrected chi connectivity index (χ2v) is 4.36. The number of benzene rings is 1. The van der Waals surface area contributed by atoms with Crippen LogP contribution >= 0.6 is 0 Å². The maximum Gasteiger partial charge on any atom is 0.130 e. The average molecular weight is 277 g/mol. The first-order valence-corrected chi connectivity index (χ1v) is 6.14. The third kappa shape index (κ3) is 2.42. The molecule has 1 aromatic carbocycles. The van der Waals surface area contributed by atoms with E-state index < -0.39 is 0 Å². The first-order valence-electron chi connectivity index (χ1n) is 6.14. The highest BCUT2D eigenvalue weighted by Crippen LogP contribution is 2.39. The molecule has 0 unspecified atom stereocenters. The van der Waals surface area contributed by atoms with Crippen LogP contribution in [0.15, 0.2) is 18.3 Å². The van der Waals surface area contributed by atoms with Gasteiger partial charge in [-0.3, -0.25) is 4.68 Å². The Morgan fingerprint density at radius 2 is 1.95 bits per heavy atom. The largest absolute Gasteiger partial charge is 0.497 e. The Balaban J connectivity index is 2.68. The molecule has 6 nitrogen and oxygen atoms in total. The molecule has 0 atom stereocenters. The number of nitrogens with two attached hydrogens (primary N) is 1. The van der Waals surface area contributed by atoms with Crippen LogP contribution in [0, 0.1) is 0 Å². The highest BCUT2D eigenvalue weighted by molar-refractivity contribution is 5.81. The van der Waals surface area contributed by atoms with Crippen LogP contribution in [0.2, 0.25) is 0 Å². The predicted molar refractivity (Wildman–Crippen MR) is 76.9 cm³/mol. The van der Waals surface area contributed by atoms with Crippen LogP contribution in [0.5, 0.6) is 11.5 Å². The lowest BCUT2D eigenvalue weighted by molar-refractivity contribution is 0.184. The molecule has 0 radical (unpaired) electrons. The fraction of sp³-hybridized carbons (Fsp3) is 0.357. The van der Waals surface area contributed by atoms with Crippen molar-refractivity contribution in [3.8, 4) is 22.6 Å². The molecule has 0 aliphatic heterocycles. The number of anilines is 1. The molecule has 2 aromatic rings. The van der Waals surface area contributed by atoms with E-state index in [1.807, 2.05) is 12.1 Å². The van der Waals surface area contributed by atoms with Gasteiger partial charge in [-0.25, -0.2) is 0 Å². The summed E-state index contributed by atoms with van der Waals surface area (Å²) in [6.07, 6.45) is 1.72. The zero-order chi connectivity index (χ0) is 14.7. The molecule has 1 aromatic heterocycles. The molecule has 2 rings (SSSR count). The molecule has 20 heavy (non-hydrogen) atoms. The lowest BCUT2D eigenvalue weighted by atomic mass is 10.00. The Bertz CT molecular complexity index is 608. The Hall–Kier alpha value is -2.21. The van der Waals surface area contributed by atoms with Crippen molar-refractivity contribution in [1.29, 1.82) is 0 Å². The zero-order valence-electron chi connectivity index (χ0n) is 12.1. The van der Waals surface area contributed by atoms with E-state index in [2.05, 4.69) is 5.10 Å². The topological polar surface area (TPSA) is 71.5 Å². The number of hydrogen-bond donors (Lipinski definition) is 1. The van der Waals surface area contributed by atoms with Gasteiger partial charge in [0, 0.05) is 31.4 Å². The number of rotatable bonds is 5. The van der Waals surface area contributed by atoms with Crippen LogP contribution in [0.25, 0.3) is 11.1 Å². The van der Waals surface area contributed by atoms with Crippen LogP contribution in [0.1, 0.15) is 5.56 Å². The molecule has 0 aliphatic carbocycles. The van der Waals surface area contributed by atoms with Gasteiger partial charge in [0.05, 0.1) is 27.0 Å². The summed E-state index contributed by atoms with van der Waals surface area (Å²) in [6, 6.07) is 3.73. The fourth-order valence-electron chi connectivity index (χ4n) is 2.14. The van der Waals surface area contributed by atoms with Gasteiger partial charge in [-0.15, -0.1) is 0 Å². The van der Waals surface area contributed by atoms with Gasteiger partial charge in [0.25, 0.3) is 0 Å². The number of aromatic nitrogens is 2. The molecule has 108 valence electrons. The van der Waals surface area contributed by atoms with E-state index in [-0.39, 0.29) is 0 Å². The first-order chi connectivity index (χ1) is 9.62. The summed E-state index contributed by atoms with van der Waals surface area (Å²) in [6.45, 7) is 0.428. The van der Waals surface area contributed by atoms with E-state index >= 15 is 0 Å². The van der Waals surface area contributed by atoms with Gasteiger partial charge in [-0.2, -0.15) is 5.10 Å². The summed E-state index contributed by atoms with van der Waals surface area (Å²) >= 11 is 0. The minimum atomic E-state index is 0.428. The zero-order valence-corrected chi connectivity index (χ0v) is 12.1. The van der Waals surface area contributed by atoms with E-state index in [9.17, 15) is 0 Å². The van der Waals surface area contributed by atoms with Crippen LogP contribution < -0.4 is 15.2 Å². The Kier molecular flexibility index (Phi) is 4.14. The number of nitrogen functional groups attached to an aromatic ring is 1. The first kappa shape index (κ1) is 14.2. The highest BCUT2D eigenvalue weighted by atomic mass is 16.5. The molecular formula is C14H19N3O3. The van der Waals surface area contributed by atoms with Crippen molar-refractivity contribution < 1.29 is 14.2 Å². The summed E-state index contributed by atoms with van der Waals surface area (Å²) in [7, 11) is 6.66. The molecule has 0 bridgehead atoms. The van der Waals surface area contributed by atoms with Gasteiger partial charge in [-0.05, 0) is 11.6 Å². The lowest BCUT2D eigenvalue weighted by Gasteiger charge is -2.15. The second-order valence-electron chi connectivity index (χ2n) is 4.36. The second kappa shape index (κ2) is 5.83. The van der Waals surface area contributed by atoms with Crippen molar-refractivity contribution in [1.82, 2.24) is 9.78 Å². The third-order valence-corrected chi connectivity index (χ3v) is 3.17. The smallest absolute Gasteiger partial charge is 0.130 e. The standard InChI is InChI=1S/C14H19N3O3/c1-17-14(15)11(7-16-17)13-9(8-18-2)5-10(19-3)6-12(13)20-4/h5-7H,8,15H2,1-4H3.